The van der Waals surface area contributed by atoms with Crippen molar-refractivity contribution in [1.82, 2.24) is 4.90 Å². The summed E-state index contributed by atoms with van der Waals surface area (Å²) in [5.74, 6) is -0.570. The van der Waals surface area contributed by atoms with Gasteiger partial charge in [0.15, 0.2) is 0 Å². The monoisotopic (exact) mass is 276 g/mol. The van der Waals surface area contributed by atoms with Crippen LogP contribution in [0, 0.1) is 0 Å². The highest BCUT2D eigenvalue weighted by Gasteiger charge is 2.26. The minimum atomic E-state index is -0.570. The number of hydrogen-bond donors (Lipinski definition) is 1. The second-order valence-corrected chi connectivity index (χ2v) is 5.26. The van der Waals surface area contributed by atoms with E-state index in [-0.39, 0.29) is 12.3 Å². The molecule has 0 saturated heterocycles. The maximum atomic E-state index is 12.3. The molecule has 0 bridgehead atoms. The fraction of sp³-hybridized carbons (Fsp3) is 0.286. The molecule has 0 saturated carbocycles. The van der Waals surface area contributed by atoms with Gasteiger partial charge in [-0.2, -0.15) is 0 Å². The second-order valence-electron chi connectivity index (χ2n) is 4.31. The van der Waals surface area contributed by atoms with Crippen molar-refractivity contribution >= 4 is 28.7 Å². The molecule has 0 spiro atoms. The number of carbonyl (C=O) groups is 2. The van der Waals surface area contributed by atoms with Crippen molar-refractivity contribution in [3.63, 3.8) is 0 Å². The van der Waals surface area contributed by atoms with Crippen LogP contribution in [0.3, 0.4) is 0 Å². The Bertz CT molecular complexity index is 532. The van der Waals surface area contributed by atoms with Crippen molar-refractivity contribution in [3.05, 3.63) is 40.7 Å². The first kappa shape index (κ1) is 13.5. The maximum absolute atomic E-state index is 12.3. The zero-order valence-electron chi connectivity index (χ0n) is 10.7. The van der Waals surface area contributed by atoms with E-state index in [1.807, 2.05) is 30.5 Å². The molecule has 19 heavy (non-hydrogen) atoms. The van der Waals surface area contributed by atoms with Gasteiger partial charge in [-0.3, -0.25) is 9.59 Å². The Kier molecular flexibility index (Phi) is 4.16. The molecule has 1 aliphatic rings. The summed E-state index contributed by atoms with van der Waals surface area (Å²) < 4.78 is 0. The first-order valence-corrected chi connectivity index (χ1v) is 7.03. The molecule has 2 rings (SSSR count). The van der Waals surface area contributed by atoms with Gasteiger partial charge in [0.25, 0.3) is 0 Å². The summed E-state index contributed by atoms with van der Waals surface area (Å²) in [6.45, 7) is 1.84. The van der Waals surface area contributed by atoms with Crippen molar-refractivity contribution in [2.75, 3.05) is 0 Å². The first-order chi connectivity index (χ1) is 9.13. The molecule has 2 N–H and O–H groups in total. The molecule has 100 valence electrons. The van der Waals surface area contributed by atoms with Gasteiger partial charge in [-0.15, -0.1) is 11.3 Å². The number of carbonyl (C=O) groups excluding carboxylic acids is 2. The summed E-state index contributed by atoms with van der Waals surface area (Å²) in [4.78, 5) is 26.2. The fourth-order valence-corrected chi connectivity index (χ4v) is 2.84. The van der Waals surface area contributed by atoms with Gasteiger partial charge in [-0.25, -0.2) is 0 Å². The summed E-state index contributed by atoms with van der Waals surface area (Å²) in [6.07, 6.45) is 6.15. The van der Waals surface area contributed by atoms with E-state index in [0.717, 1.165) is 10.5 Å². The van der Waals surface area contributed by atoms with Crippen LogP contribution < -0.4 is 5.73 Å². The van der Waals surface area contributed by atoms with Crippen molar-refractivity contribution in [1.29, 1.82) is 0 Å². The average Bonchev–Trinajstić information content (AvgIpc) is 2.83. The maximum Gasteiger partial charge on any atom is 0.240 e. The number of rotatable bonds is 4. The van der Waals surface area contributed by atoms with E-state index < -0.39 is 11.9 Å². The van der Waals surface area contributed by atoms with Crippen LogP contribution in [-0.4, -0.2) is 22.8 Å². The Morgan fingerprint density at radius 2 is 2.37 bits per heavy atom. The van der Waals surface area contributed by atoms with Crippen molar-refractivity contribution < 1.29 is 9.59 Å². The van der Waals surface area contributed by atoms with E-state index in [1.54, 1.807) is 23.6 Å². The average molecular weight is 276 g/mol. The molecule has 1 aliphatic heterocycles. The van der Waals surface area contributed by atoms with Gasteiger partial charge in [-0.1, -0.05) is 19.1 Å². The van der Waals surface area contributed by atoms with Gasteiger partial charge in [0.05, 0.1) is 6.42 Å². The number of thiophene rings is 1. The highest BCUT2D eigenvalue weighted by atomic mass is 32.1. The third-order valence-electron chi connectivity index (χ3n) is 3.06. The largest absolute Gasteiger partial charge is 0.368 e. The number of primary amides is 1. The third kappa shape index (κ3) is 2.93. The van der Waals surface area contributed by atoms with Crippen LogP contribution in [0.1, 0.15) is 24.6 Å². The highest BCUT2D eigenvalue weighted by Crippen LogP contribution is 2.26. The Hall–Kier alpha value is -1.88. The van der Waals surface area contributed by atoms with Crippen LogP contribution in [0.15, 0.2) is 35.9 Å². The lowest BCUT2D eigenvalue weighted by molar-refractivity contribution is -0.135. The van der Waals surface area contributed by atoms with Crippen molar-refractivity contribution in [2.24, 2.45) is 5.73 Å². The molecular formula is C14H16N2O2S. The quantitative estimate of drug-likeness (QED) is 0.915. The summed E-state index contributed by atoms with van der Waals surface area (Å²) in [5.41, 5.74) is 6.31. The summed E-state index contributed by atoms with van der Waals surface area (Å²) >= 11 is 1.60. The van der Waals surface area contributed by atoms with Crippen LogP contribution in [0.5, 0.6) is 0 Å². The molecule has 0 aliphatic carbocycles. The smallest absolute Gasteiger partial charge is 0.240 e. The van der Waals surface area contributed by atoms with E-state index in [2.05, 4.69) is 0 Å². The van der Waals surface area contributed by atoms with E-state index in [4.69, 9.17) is 5.73 Å². The Morgan fingerprint density at radius 3 is 2.95 bits per heavy atom. The molecule has 1 aromatic rings. The van der Waals surface area contributed by atoms with Gasteiger partial charge in [0, 0.05) is 11.1 Å². The molecule has 0 radical (unpaired) electrons. The Morgan fingerprint density at radius 1 is 1.58 bits per heavy atom. The summed E-state index contributed by atoms with van der Waals surface area (Å²) in [6, 6.07) is 3.37. The highest BCUT2D eigenvalue weighted by molar-refractivity contribution is 7.11. The minimum absolute atomic E-state index is 0.0981. The standard InChI is InChI=1S/C14H16N2O2S/c1-2-11(14(15)18)16-7-3-5-10(9-13(16)17)12-6-4-8-19-12/h3-8,11H,2,9H2,1H3,(H2,15,18). The molecule has 4 nitrogen and oxygen atoms in total. The number of hydrogen-bond acceptors (Lipinski definition) is 3. The molecule has 1 aromatic heterocycles. The van der Waals surface area contributed by atoms with E-state index in [0.29, 0.717) is 6.42 Å². The molecular weight excluding hydrogens is 260 g/mol. The predicted molar refractivity (Wildman–Crippen MR) is 76.2 cm³/mol. The zero-order chi connectivity index (χ0) is 13.8. The molecule has 0 aromatic carbocycles. The second kappa shape index (κ2) is 5.84. The molecule has 2 amide bonds. The predicted octanol–water partition coefficient (Wildman–Crippen LogP) is 2.14. The van der Waals surface area contributed by atoms with E-state index in [9.17, 15) is 9.59 Å². The van der Waals surface area contributed by atoms with E-state index in [1.165, 1.54) is 4.90 Å². The van der Waals surface area contributed by atoms with Crippen LogP contribution >= 0.6 is 11.3 Å². The van der Waals surface area contributed by atoms with Gasteiger partial charge in [0.2, 0.25) is 11.8 Å². The molecule has 2 heterocycles. The van der Waals surface area contributed by atoms with Crippen LogP contribution in [0.2, 0.25) is 0 Å². The number of nitrogens with two attached hydrogens (primary N) is 1. The molecule has 1 atom stereocenters. The molecule has 1 unspecified atom stereocenters. The first-order valence-electron chi connectivity index (χ1n) is 6.15. The number of amides is 2. The third-order valence-corrected chi connectivity index (χ3v) is 4.01. The Balaban J connectivity index is 2.20. The van der Waals surface area contributed by atoms with Gasteiger partial charge in [0.1, 0.15) is 6.04 Å². The SMILES string of the molecule is CCC(C(N)=O)N1C=CC=C(c2cccs2)CC1=O. The zero-order valence-corrected chi connectivity index (χ0v) is 11.5. The Labute approximate surface area is 116 Å². The fourth-order valence-electron chi connectivity index (χ4n) is 2.09. The normalized spacial score (nSPS) is 17.0. The van der Waals surface area contributed by atoms with Crippen LogP contribution in [-0.2, 0) is 9.59 Å². The molecule has 0 fully saturated rings. The number of allylic oxidation sites excluding steroid dienone is 2. The lowest BCUT2D eigenvalue weighted by atomic mass is 10.1. The topological polar surface area (TPSA) is 63.4 Å². The van der Waals surface area contributed by atoms with Crippen molar-refractivity contribution in [2.45, 2.75) is 25.8 Å². The van der Waals surface area contributed by atoms with Gasteiger partial charge in [-0.05, 0) is 29.5 Å². The lowest BCUT2D eigenvalue weighted by Gasteiger charge is -2.24. The van der Waals surface area contributed by atoms with Gasteiger partial charge >= 0.3 is 0 Å². The number of nitrogens with zero attached hydrogens (tertiary/aromatic N) is 1. The lowest BCUT2D eigenvalue weighted by Crippen LogP contribution is -2.44. The van der Waals surface area contributed by atoms with Gasteiger partial charge < -0.3 is 10.6 Å². The van der Waals surface area contributed by atoms with Crippen LogP contribution in [0.25, 0.3) is 5.57 Å². The van der Waals surface area contributed by atoms with Crippen molar-refractivity contribution in [3.8, 4) is 0 Å². The van der Waals surface area contributed by atoms with E-state index >= 15 is 0 Å². The minimum Gasteiger partial charge on any atom is -0.368 e. The van der Waals surface area contributed by atoms with Crippen LogP contribution in [0.4, 0.5) is 0 Å². The summed E-state index contributed by atoms with van der Waals surface area (Å²) in [5, 5.41) is 1.98. The summed E-state index contributed by atoms with van der Waals surface area (Å²) in [7, 11) is 0. The molecule has 5 heteroatoms.